The van der Waals surface area contributed by atoms with E-state index in [9.17, 15) is 4.39 Å². The number of aliphatic imine (C=N–C) groups is 1. The first-order valence-electron chi connectivity index (χ1n) is 9.44. The molecule has 27 heavy (non-hydrogen) atoms. The maximum atomic E-state index is 13.9. The van der Waals surface area contributed by atoms with Gasteiger partial charge in [0.1, 0.15) is 5.82 Å². The van der Waals surface area contributed by atoms with E-state index in [-0.39, 0.29) is 41.4 Å². The second-order valence-corrected chi connectivity index (χ2v) is 7.30. The Hall–Kier alpha value is -0.930. The van der Waals surface area contributed by atoms with E-state index in [0.717, 1.165) is 44.1 Å². The molecule has 1 aromatic rings. The number of benzene rings is 1. The largest absolute Gasteiger partial charge is 0.381 e. The van der Waals surface area contributed by atoms with Crippen LogP contribution in [0.25, 0.3) is 0 Å². The summed E-state index contributed by atoms with van der Waals surface area (Å²) < 4.78 is 19.4. The maximum Gasteiger partial charge on any atom is 0.191 e. The molecule has 1 unspecified atom stereocenters. The van der Waals surface area contributed by atoms with Crippen LogP contribution in [0.3, 0.4) is 0 Å². The van der Waals surface area contributed by atoms with Gasteiger partial charge in [-0.15, -0.1) is 24.0 Å². The fourth-order valence-corrected chi connectivity index (χ4v) is 3.21. The van der Waals surface area contributed by atoms with Gasteiger partial charge in [0.15, 0.2) is 5.96 Å². The van der Waals surface area contributed by atoms with Crippen LogP contribution in [0.15, 0.2) is 23.2 Å². The van der Waals surface area contributed by atoms with Crippen LogP contribution in [0, 0.1) is 12.7 Å². The Morgan fingerprint density at radius 3 is 2.56 bits per heavy atom. The van der Waals surface area contributed by atoms with Crippen molar-refractivity contribution in [1.82, 2.24) is 15.5 Å². The van der Waals surface area contributed by atoms with Crippen molar-refractivity contribution < 1.29 is 9.13 Å². The van der Waals surface area contributed by atoms with E-state index in [0.29, 0.717) is 12.1 Å². The molecule has 0 aliphatic carbocycles. The molecule has 2 rings (SSSR count). The van der Waals surface area contributed by atoms with Crippen LogP contribution < -0.4 is 10.6 Å². The lowest BCUT2D eigenvalue weighted by Gasteiger charge is -2.41. The zero-order chi connectivity index (χ0) is 19.2. The number of ether oxygens (including phenoxy) is 1. The number of hydrogen-bond donors (Lipinski definition) is 2. The molecule has 1 saturated heterocycles. The third-order valence-electron chi connectivity index (χ3n) is 5.30. The van der Waals surface area contributed by atoms with Crippen molar-refractivity contribution >= 4 is 29.9 Å². The Bertz CT molecular complexity index is 618. The minimum Gasteiger partial charge on any atom is -0.381 e. The van der Waals surface area contributed by atoms with Crippen LogP contribution in [0.2, 0.25) is 0 Å². The van der Waals surface area contributed by atoms with Gasteiger partial charge < -0.3 is 20.3 Å². The minimum absolute atomic E-state index is 0. The van der Waals surface area contributed by atoms with Gasteiger partial charge in [0, 0.05) is 25.3 Å². The highest BCUT2D eigenvalue weighted by atomic mass is 127. The summed E-state index contributed by atoms with van der Waals surface area (Å²) in [6.07, 6.45) is 1.95. The molecule has 0 amide bonds. The standard InChI is InChI=1S/C20H33FN4O.HI/c1-6-22-19(23-14-20(25(4)5)9-11-26-12-10-20)24-16(3)17-8-7-15(2)18(21)13-17;/h7-8,13,16H,6,9-12,14H2,1-5H3,(H2,22,23,24);1H. The molecule has 0 bridgehead atoms. The maximum absolute atomic E-state index is 13.9. The molecule has 1 aromatic carbocycles. The van der Waals surface area contributed by atoms with E-state index >= 15 is 0 Å². The van der Waals surface area contributed by atoms with Crippen molar-refractivity contribution in [2.24, 2.45) is 4.99 Å². The number of likely N-dealkylation sites (N-methyl/N-ethyl adjacent to an activating group) is 1. The van der Waals surface area contributed by atoms with Crippen molar-refractivity contribution in [3.8, 4) is 0 Å². The van der Waals surface area contributed by atoms with E-state index in [2.05, 4.69) is 29.6 Å². The van der Waals surface area contributed by atoms with Crippen molar-refractivity contribution in [2.75, 3.05) is 40.4 Å². The van der Waals surface area contributed by atoms with Gasteiger partial charge in [-0.05, 0) is 64.9 Å². The summed E-state index contributed by atoms with van der Waals surface area (Å²) in [5, 5.41) is 6.70. The summed E-state index contributed by atoms with van der Waals surface area (Å²) >= 11 is 0. The number of aryl methyl sites for hydroxylation is 1. The summed E-state index contributed by atoms with van der Waals surface area (Å²) in [5.41, 5.74) is 1.60. The van der Waals surface area contributed by atoms with Crippen molar-refractivity contribution in [1.29, 1.82) is 0 Å². The van der Waals surface area contributed by atoms with E-state index in [1.54, 1.807) is 13.0 Å². The Morgan fingerprint density at radius 1 is 1.33 bits per heavy atom. The van der Waals surface area contributed by atoms with Gasteiger partial charge in [-0.1, -0.05) is 12.1 Å². The molecule has 0 aromatic heterocycles. The molecule has 1 atom stereocenters. The molecule has 154 valence electrons. The van der Waals surface area contributed by atoms with Crippen LogP contribution in [0.1, 0.15) is 43.9 Å². The molecule has 0 spiro atoms. The third-order valence-corrected chi connectivity index (χ3v) is 5.30. The fourth-order valence-electron chi connectivity index (χ4n) is 3.21. The topological polar surface area (TPSA) is 48.9 Å². The predicted octanol–water partition coefficient (Wildman–Crippen LogP) is 3.48. The SMILES string of the molecule is CCNC(=NCC1(N(C)C)CCOCC1)NC(C)c1ccc(C)c(F)c1.I. The van der Waals surface area contributed by atoms with Gasteiger partial charge in [0.2, 0.25) is 0 Å². The van der Waals surface area contributed by atoms with Crippen molar-refractivity contribution in [3.63, 3.8) is 0 Å². The zero-order valence-electron chi connectivity index (χ0n) is 17.1. The molecule has 0 saturated carbocycles. The summed E-state index contributed by atoms with van der Waals surface area (Å²) in [7, 11) is 4.22. The van der Waals surface area contributed by atoms with E-state index in [4.69, 9.17) is 9.73 Å². The lowest BCUT2D eigenvalue weighted by Crippen LogP contribution is -2.51. The van der Waals surface area contributed by atoms with Gasteiger partial charge in [0.05, 0.1) is 12.6 Å². The van der Waals surface area contributed by atoms with E-state index < -0.39 is 0 Å². The lowest BCUT2D eigenvalue weighted by molar-refractivity contribution is -0.00255. The highest BCUT2D eigenvalue weighted by molar-refractivity contribution is 14.0. The molecule has 1 heterocycles. The average molecular weight is 492 g/mol. The second kappa shape index (κ2) is 11.2. The summed E-state index contributed by atoms with van der Waals surface area (Å²) in [4.78, 5) is 7.10. The molecule has 2 N–H and O–H groups in total. The highest BCUT2D eigenvalue weighted by Gasteiger charge is 2.34. The second-order valence-electron chi connectivity index (χ2n) is 7.30. The lowest BCUT2D eigenvalue weighted by atomic mass is 9.89. The predicted molar refractivity (Wildman–Crippen MR) is 121 cm³/mol. The van der Waals surface area contributed by atoms with Crippen LogP contribution in [-0.4, -0.2) is 56.8 Å². The number of nitrogens with zero attached hydrogens (tertiary/aromatic N) is 2. The zero-order valence-corrected chi connectivity index (χ0v) is 19.5. The van der Waals surface area contributed by atoms with E-state index in [1.165, 1.54) is 0 Å². The quantitative estimate of drug-likeness (QED) is 0.363. The number of guanidine groups is 1. The first-order chi connectivity index (χ1) is 12.4. The van der Waals surface area contributed by atoms with Gasteiger partial charge in [0.25, 0.3) is 0 Å². The van der Waals surface area contributed by atoms with Crippen LogP contribution in [0.5, 0.6) is 0 Å². The minimum atomic E-state index is -0.174. The number of nitrogens with one attached hydrogen (secondary N) is 2. The van der Waals surface area contributed by atoms with Crippen LogP contribution in [0.4, 0.5) is 4.39 Å². The molecule has 7 heteroatoms. The number of halogens is 2. The monoisotopic (exact) mass is 492 g/mol. The Balaban J connectivity index is 0.00000364. The van der Waals surface area contributed by atoms with Gasteiger partial charge in [-0.25, -0.2) is 4.39 Å². The van der Waals surface area contributed by atoms with Gasteiger partial charge >= 0.3 is 0 Å². The highest BCUT2D eigenvalue weighted by Crippen LogP contribution is 2.26. The smallest absolute Gasteiger partial charge is 0.191 e. The van der Waals surface area contributed by atoms with E-state index in [1.807, 2.05) is 26.0 Å². The summed E-state index contributed by atoms with van der Waals surface area (Å²) in [5.74, 6) is 0.584. The van der Waals surface area contributed by atoms with Crippen molar-refractivity contribution in [2.45, 2.75) is 45.2 Å². The molecule has 5 nitrogen and oxygen atoms in total. The van der Waals surface area contributed by atoms with Crippen LogP contribution >= 0.6 is 24.0 Å². The Kier molecular flexibility index (Phi) is 9.97. The molecule has 1 fully saturated rings. The molecular formula is C20H34FIN4O. The number of rotatable bonds is 6. The van der Waals surface area contributed by atoms with Crippen LogP contribution in [-0.2, 0) is 4.74 Å². The fraction of sp³-hybridized carbons (Fsp3) is 0.650. The van der Waals surface area contributed by atoms with Crippen molar-refractivity contribution in [3.05, 3.63) is 35.1 Å². The number of hydrogen-bond acceptors (Lipinski definition) is 3. The molecule has 1 aliphatic rings. The third kappa shape index (κ3) is 6.57. The summed E-state index contributed by atoms with van der Waals surface area (Å²) in [6.45, 7) is 8.87. The first kappa shape index (κ1) is 24.1. The van der Waals surface area contributed by atoms with Gasteiger partial charge in [-0.2, -0.15) is 0 Å². The Morgan fingerprint density at radius 2 is 2.00 bits per heavy atom. The van der Waals surface area contributed by atoms with Gasteiger partial charge in [-0.3, -0.25) is 4.99 Å². The molecular weight excluding hydrogens is 458 g/mol. The Labute approximate surface area is 180 Å². The molecule has 0 radical (unpaired) electrons. The first-order valence-corrected chi connectivity index (χ1v) is 9.44. The normalized spacial score (nSPS) is 18.0. The molecule has 1 aliphatic heterocycles. The average Bonchev–Trinajstić information content (AvgIpc) is 2.62. The summed E-state index contributed by atoms with van der Waals surface area (Å²) in [6, 6.07) is 5.33.